The molecule has 0 bridgehead atoms. The minimum absolute atomic E-state index is 0.159. The molecule has 10 nitrogen and oxygen atoms in total. The first kappa shape index (κ1) is 16.1. The third-order valence-electron chi connectivity index (χ3n) is 4.04. The molecule has 0 spiro atoms. The van der Waals surface area contributed by atoms with Gasteiger partial charge in [0.2, 0.25) is 11.6 Å². The molecular formula is C14H18N6O4. The molecule has 2 N–H and O–H groups in total. The number of piperidine rings is 1. The second kappa shape index (κ2) is 6.79. The Bertz CT molecular complexity index is 741. The summed E-state index contributed by atoms with van der Waals surface area (Å²) in [5.74, 6) is -1.21. The summed E-state index contributed by atoms with van der Waals surface area (Å²) in [6, 6.07) is 2.29. The van der Waals surface area contributed by atoms with E-state index in [1.807, 2.05) is 0 Å². The summed E-state index contributed by atoms with van der Waals surface area (Å²) in [7, 11) is 0. The molecule has 0 amide bonds. The van der Waals surface area contributed by atoms with Gasteiger partial charge in [0.15, 0.2) is 5.75 Å². The van der Waals surface area contributed by atoms with Crippen LogP contribution in [0.5, 0.6) is 11.5 Å². The van der Waals surface area contributed by atoms with E-state index in [1.54, 1.807) is 0 Å². The highest BCUT2D eigenvalue weighted by Crippen LogP contribution is 2.38. The number of nitro benzene ring substituents is 1. The Morgan fingerprint density at radius 1 is 1.17 bits per heavy atom. The van der Waals surface area contributed by atoms with Crippen molar-refractivity contribution in [3.05, 3.63) is 22.2 Å². The molecule has 128 valence electrons. The minimum Gasteiger partial charge on any atom is -0.504 e. The number of rotatable bonds is 5. The summed E-state index contributed by atoms with van der Waals surface area (Å²) in [5.41, 5.74) is -0.379. The number of aromatic hydroxyl groups is 2. The lowest BCUT2D eigenvalue weighted by molar-refractivity contribution is -0.385. The highest BCUT2D eigenvalue weighted by atomic mass is 16.6. The summed E-state index contributed by atoms with van der Waals surface area (Å²) in [5, 5.41) is 42.0. The van der Waals surface area contributed by atoms with Crippen LogP contribution in [0.1, 0.15) is 19.3 Å². The highest BCUT2D eigenvalue weighted by molar-refractivity contribution is 5.67. The van der Waals surface area contributed by atoms with Gasteiger partial charge in [0, 0.05) is 18.2 Å². The summed E-state index contributed by atoms with van der Waals surface area (Å²) in [6.07, 6.45) is 3.67. The van der Waals surface area contributed by atoms with E-state index in [-0.39, 0.29) is 11.4 Å². The van der Waals surface area contributed by atoms with Crippen LogP contribution in [0.25, 0.3) is 11.4 Å². The standard InChI is InChI=1S/C14H18N6O4/c21-12-9-10(8-11(13(12)22)20(23)24)14-15-17-19(16-14)7-6-18-4-2-1-3-5-18/h8-9,21-22H,1-7H2. The van der Waals surface area contributed by atoms with Crippen LogP contribution in [-0.4, -0.2) is 59.9 Å². The van der Waals surface area contributed by atoms with Crippen molar-refractivity contribution in [1.82, 2.24) is 25.1 Å². The molecule has 1 aromatic carbocycles. The Balaban J connectivity index is 1.74. The van der Waals surface area contributed by atoms with Crippen molar-refractivity contribution in [3.8, 4) is 22.9 Å². The number of phenolic OH excluding ortho intramolecular Hbond substituents is 2. The first-order chi connectivity index (χ1) is 11.5. The molecule has 1 aliphatic rings. The van der Waals surface area contributed by atoms with E-state index in [2.05, 4.69) is 20.3 Å². The predicted octanol–water partition coefficient (Wildman–Crippen LogP) is 1.15. The molecule has 1 fully saturated rings. The Morgan fingerprint density at radius 3 is 2.62 bits per heavy atom. The number of benzene rings is 1. The van der Waals surface area contributed by atoms with Crippen LogP contribution < -0.4 is 0 Å². The van der Waals surface area contributed by atoms with E-state index < -0.39 is 22.1 Å². The van der Waals surface area contributed by atoms with Gasteiger partial charge in [0.05, 0.1) is 11.5 Å². The van der Waals surface area contributed by atoms with Gasteiger partial charge in [-0.25, -0.2) is 0 Å². The lowest BCUT2D eigenvalue weighted by Gasteiger charge is -2.25. The Morgan fingerprint density at radius 2 is 1.92 bits per heavy atom. The maximum absolute atomic E-state index is 10.9. The Labute approximate surface area is 137 Å². The van der Waals surface area contributed by atoms with Crippen LogP contribution in [0.3, 0.4) is 0 Å². The van der Waals surface area contributed by atoms with E-state index in [4.69, 9.17) is 0 Å². The van der Waals surface area contributed by atoms with E-state index in [0.29, 0.717) is 6.54 Å². The number of phenols is 2. The minimum atomic E-state index is -0.778. The van der Waals surface area contributed by atoms with Crippen molar-refractivity contribution >= 4 is 5.69 Å². The number of hydrogen-bond acceptors (Lipinski definition) is 8. The fourth-order valence-electron chi connectivity index (χ4n) is 2.74. The molecule has 0 aliphatic carbocycles. The second-order valence-electron chi connectivity index (χ2n) is 5.73. The van der Waals surface area contributed by atoms with Gasteiger partial charge < -0.3 is 15.1 Å². The van der Waals surface area contributed by atoms with Crippen molar-refractivity contribution < 1.29 is 15.1 Å². The number of aromatic nitrogens is 4. The number of likely N-dealkylation sites (tertiary alicyclic amines) is 1. The van der Waals surface area contributed by atoms with Gasteiger partial charge >= 0.3 is 5.69 Å². The molecule has 0 atom stereocenters. The van der Waals surface area contributed by atoms with Gasteiger partial charge in [-0.3, -0.25) is 10.1 Å². The fourth-order valence-corrected chi connectivity index (χ4v) is 2.74. The quantitative estimate of drug-likeness (QED) is 0.473. The van der Waals surface area contributed by atoms with E-state index >= 15 is 0 Å². The average Bonchev–Trinajstić information content (AvgIpc) is 3.05. The molecule has 10 heteroatoms. The molecule has 0 unspecified atom stereocenters. The van der Waals surface area contributed by atoms with Crippen LogP contribution in [-0.2, 0) is 6.54 Å². The van der Waals surface area contributed by atoms with Crippen LogP contribution in [0.15, 0.2) is 12.1 Å². The van der Waals surface area contributed by atoms with Crippen LogP contribution in [0.2, 0.25) is 0 Å². The maximum atomic E-state index is 10.9. The van der Waals surface area contributed by atoms with Crippen molar-refractivity contribution in [2.24, 2.45) is 0 Å². The zero-order valence-corrected chi connectivity index (χ0v) is 13.0. The van der Waals surface area contributed by atoms with Crippen LogP contribution >= 0.6 is 0 Å². The third-order valence-corrected chi connectivity index (χ3v) is 4.04. The zero-order valence-electron chi connectivity index (χ0n) is 13.0. The van der Waals surface area contributed by atoms with Crippen LogP contribution in [0, 0.1) is 10.1 Å². The van der Waals surface area contributed by atoms with Gasteiger partial charge in [0.1, 0.15) is 0 Å². The van der Waals surface area contributed by atoms with Crippen molar-refractivity contribution in [2.75, 3.05) is 19.6 Å². The maximum Gasteiger partial charge on any atom is 0.315 e. The molecule has 0 saturated carbocycles. The molecule has 0 radical (unpaired) electrons. The smallest absolute Gasteiger partial charge is 0.315 e. The van der Waals surface area contributed by atoms with Crippen LogP contribution in [0.4, 0.5) is 5.69 Å². The van der Waals surface area contributed by atoms with E-state index in [9.17, 15) is 20.3 Å². The van der Waals surface area contributed by atoms with Crippen molar-refractivity contribution in [1.29, 1.82) is 0 Å². The number of tetrazole rings is 1. The molecule has 1 aliphatic heterocycles. The highest BCUT2D eigenvalue weighted by Gasteiger charge is 2.21. The zero-order chi connectivity index (χ0) is 17.1. The summed E-state index contributed by atoms with van der Waals surface area (Å²) in [4.78, 5) is 13.9. The lowest BCUT2D eigenvalue weighted by Crippen LogP contribution is -2.33. The third kappa shape index (κ3) is 3.43. The molecule has 24 heavy (non-hydrogen) atoms. The van der Waals surface area contributed by atoms with Gasteiger partial charge in [-0.1, -0.05) is 6.42 Å². The largest absolute Gasteiger partial charge is 0.504 e. The summed E-state index contributed by atoms with van der Waals surface area (Å²) in [6.45, 7) is 3.52. The summed E-state index contributed by atoms with van der Waals surface area (Å²) >= 11 is 0. The van der Waals surface area contributed by atoms with Gasteiger partial charge in [-0.15, -0.1) is 10.2 Å². The molecule has 1 saturated heterocycles. The first-order valence-corrected chi connectivity index (χ1v) is 7.75. The van der Waals surface area contributed by atoms with Gasteiger partial charge in [-0.2, -0.15) is 4.80 Å². The summed E-state index contributed by atoms with van der Waals surface area (Å²) < 4.78 is 0. The lowest BCUT2D eigenvalue weighted by atomic mass is 10.1. The molecule has 3 rings (SSSR count). The number of nitrogens with zero attached hydrogens (tertiary/aromatic N) is 6. The van der Waals surface area contributed by atoms with E-state index in [0.717, 1.165) is 25.7 Å². The molecule has 2 aromatic rings. The monoisotopic (exact) mass is 334 g/mol. The molecule has 1 aromatic heterocycles. The molecule has 2 heterocycles. The van der Waals surface area contributed by atoms with Gasteiger partial charge in [-0.05, 0) is 37.2 Å². The average molecular weight is 334 g/mol. The Kier molecular flexibility index (Phi) is 4.56. The Hall–Kier alpha value is -2.75. The normalized spacial score (nSPS) is 15.5. The van der Waals surface area contributed by atoms with Crippen molar-refractivity contribution in [2.45, 2.75) is 25.8 Å². The molecular weight excluding hydrogens is 316 g/mol. The van der Waals surface area contributed by atoms with Gasteiger partial charge in [0.25, 0.3) is 0 Å². The van der Waals surface area contributed by atoms with Crippen molar-refractivity contribution in [3.63, 3.8) is 0 Å². The fraction of sp³-hybridized carbons (Fsp3) is 0.500. The van der Waals surface area contributed by atoms with E-state index in [1.165, 1.54) is 30.1 Å². The number of hydrogen-bond donors (Lipinski definition) is 2. The first-order valence-electron chi connectivity index (χ1n) is 7.75. The topological polar surface area (TPSA) is 130 Å². The SMILES string of the molecule is O=[N+]([O-])c1cc(-c2nnn(CCN3CCCCC3)n2)cc(O)c1O. The predicted molar refractivity (Wildman–Crippen MR) is 83.5 cm³/mol. The number of nitro groups is 1. The second-order valence-corrected chi connectivity index (χ2v) is 5.73.